The number of nitrogens with one attached hydrogen (secondary N) is 2. The van der Waals surface area contributed by atoms with Gasteiger partial charge in [0.15, 0.2) is 17.2 Å². The summed E-state index contributed by atoms with van der Waals surface area (Å²) >= 11 is 6.54. The molecule has 2 aromatic heterocycles. The minimum atomic E-state index is -0.215. The van der Waals surface area contributed by atoms with Gasteiger partial charge in [0.1, 0.15) is 6.07 Å². The average molecular weight is 464 g/mol. The number of nitriles is 2. The zero-order valence-electron chi connectivity index (χ0n) is 17.8. The summed E-state index contributed by atoms with van der Waals surface area (Å²) in [7, 11) is 0. The summed E-state index contributed by atoms with van der Waals surface area (Å²) in [4.78, 5) is 11.0. The molecule has 2 fully saturated rings. The van der Waals surface area contributed by atoms with Crippen molar-refractivity contribution in [2.24, 2.45) is 0 Å². The number of halogens is 1. The van der Waals surface area contributed by atoms with Crippen molar-refractivity contribution in [2.45, 2.75) is 37.8 Å². The molecule has 168 valence electrons. The van der Waals surface area contributed by atoms with Gasteiger partial charge in [0, 0.05) is 19.1 Å². The quantitative estimate of drug-likeness (QED) is 0.459. The second-order valence-corrected chi connectivity index (χ2v) is 8.84. The molecule has 1 aliphatic heterocycles. The Bertz CT molecular complexity index is 1280. The van der Waals surface area contributed by atoms with Gasteiger partial charge in [-0.05, 0) is 49.9 Å². The van der Waals surface area contributed by atoms with E-state index < -0.39 is 0 Å². The second kappa shape index (κ2) is 8.83. The highest BCUT2D eigenvalue weighted by atomic mass is 35.5. The summed E-state index contributed by atoms with van der Waals surface area (Å²) in [6.45, 7) is 2.29. The zero-order chi connectivity index (χ0) is 22.9. The highest BCUT2D eigenvalue weighted by Gasteiger charge is 2.25. The van der Waals surface area contributed by atoms with Crippen molar-refractivity contribution >= 4 is 34.7 Å². The molecule has 0 radical (unpaired) electrons. The first-order valence-corrected chi connectivity index (χ1v) is 11.2. The smallest absolute Gasteiger partial charge is 0.247 e. The summed E-state index contributed by atoms with van der Waals surface area (Å²) in [5.74, 6) is 0.788. The van der Waals surface area contributed by atoms with Crippen LogP contribution in [0.25, 0.3) is 5.65 Å². The third kappa shape index (κ3) is 4.55. The number of nitrogens with zero attached hydrogens (tertiary/aromatic N) is 7. The second-order valence-electron chi connectivity index (χ2n) is 8.44. The number of β-amino-alcohol motifs (C(OH)–C–C–N with tert-alkyl or cyclic N) is 1. The van der Waals surface area contributed by atoms with E-state index in [-0.39, 0.29) is 12.1 Å². The van der Waals surface area contributed by atoms with Crippen LogP contribution in [0.1, 0.15) is 36.1 Å². The van der Waals surface area contributed by atoms with Crippen molar-refractivity contribution in [1.29, 1.82) is 10.5 Å². The van der Waals surface area contributed by atoms with E-state index in [4.69, 9.17) is 11.6 Å². The molecule has 0 bridgehead atoms. The molecule has 1 saturated heterocycles. The summed E-state index contributed by atoms with van der Waals surface area (Å²) in [5, 5.41) is 39.7. The van der Waals surface area contributed by atoms with E-state index in [0.29, 0.717) is 59.0 Å². The average Bonchev–Trinajstić information content (AvgIpc) is 3.50. The van der Waals surface area contributed by atoms with Gasteiger partial charge in [0.25, 0.3) is 0 Å². The predicted octanol–water partition coefficient (Wildman–Crippen LogP) is 2.45. The fraction of sp³-hybridized carbons (Fsp3) is 0.409. The van der Waals surface area contributed by atoms with E-state index in [9.17, 15) is 15.6 Å². The van der Waals surface area contributed by atoms with Gasteiger partial charge >= 0.3 is 0 Å². The Morgan fingerprint density at radius 3 is 2.73 bits per heavy atom. The summed E-state index contributed by atoms with van der Waals surface area (Å²) < 4.78 is 1.44. The lowest BCUT2D eigenvalue weighted by Crippen LogP contribution is -2.50. The van der Waals surface area contributed by atoms with Crippen molar-refractivity contribution in [3.05, 3.63) is 40.2 Å². The molecule has 11 heteroatoms. The molecular formula is C22H22ClN9O. The fourth-order valence-electron chi connectivity index (χ4n) is 3.89. The van der Waals surface area contributed by atoms with Crippen molar-refractivity contribution in [1.82, 2.24) is 24.5 Å². The number of aliphatic hydroxyl groups excluding tert-OH is 1. The van der Waals surface area contributed by atoms with Crippen LogP contribution in [0.2, 0.25) is 5.02 Å². The SMILES string of the molecule is N#Cc1cc(Nc2nc(NC3CC3)c3ncc(C#N)n3n2)c(Cl)cc1CCCN1CC(O)C1. The van der Waals surface area contributed by atoms with Crippen molar-refractivity contribution in [3.8, 4) is 12.1 Å². The van der Waals surface area contributed by atoms with Crippen LogP contribution in [0.3, 0.4) is 0 Å². The van der Waals surface area contributed by atoms with Gasteiger partial charge in [-0.2, -0.15) is 20.0 Å². The third-order valence-electron chi connectivity index (χ3n) is 5.81. The van der Waals surface area contributed by atoms with Gasteiger partial charge in [-0.1, -0.05) is 11.6 Å². The van der Waals surface area contributed by atoms with Crippen LogP contribution in [-0.2, 0) is 6.42 Å². The third-order valence-corrected chi connectivity index (χ3v) is 6.13. The van der Waals surface area contributed by atoms with Crippen LogP contribution in [0.4, 0.5) is 17.5 Å². The van der Waals surface area contributed by atoms with E-state index in [1.54, 1.807) is 12.1 Å². The topological polar surface area (TPSA) is 138 Å². The number of benzene rings is 1. The molecule has 33 heavy (non-hydrogen) atoms. The Morgan fingerprint density at radius 2 is 2.03 bits per heavy atom. The Balaban J connectivity index is 1.38. The van der Waals surface area contributed by atoms with E-state index in [1.165, 1.54) is 10.7 Å². The number of aryl methyl sites for hydroxylation is 1. The maximum absolute atomic E-state index is 9.68. The predicted molar refractivity (Wildman–Crippen MR) is 122 cm³/mol. The number of likely N-dealkylation sites (tertiary alicyclic amines) is 1. The molecular weight excluding hydrogens is 442 g/mol. The molecule has 10 nitrogen and oxygen atoms in total. The van der Waals surface area contributed by atoms with Crippen LogP contribution in [0, 0.1) is 22.7 Å². The lowest BCUT2D eigenvalue weighted by Gasteiger charge is -2.35. The minimum absolute atomic E-state index is 0.215. The maximum Gasteiger partial charge on any atom is 0.247 e. The van der Waals surface area contributed by atoms with Crippen LogP contribution in [-0.4, -0.2) is 61.4 Å². The van der Waals surface area contributed by atoms with E-state index in [1.807, 2.05) is 0 Å². The maximum atomic E-state index is 9.68. The highest BCUT2D eigenvalue weighted by molar-refractivity contribution is 6.33. The molecule has 1 aromatic carbocycles. The number of hydrogen-bond acceptors (Lipinski definition) is 9. The lowest BCUT2D eigenvalue weighted by atomic mass is 10.0. The number of anilines is 3. The van der Waals surface area contributed by atoms with Crippen LogP contribution in [0.15, 0.2) is 18.3 Å². The molecule has 0 atom stereocenters. The first kappa shape index (κ1) is 21.4. The first-order chi connectivity index (χ1) is 16.0. The van der Waals surface area contributed by atoms with Crippen molar-refractivity contribution in [2.75, 3.05) is 30.3 Å². The number of hydrogen-bond donors (Lipinski definition) is 3. The Hall–Kier alpha value is -3.44. The van der Waals surface area contributed by atoms with Gasteiger partial charge in [0.2, 0.25) is 5.95 Å². The van der Waals surface area contributed by atoms with Gasteiger partial charge in [0.05, 0.1) is 34.6 Å². The lowest BCUT2D eigenvalue weighted by molar-refractivity contribution is 0.00188. The molecule has 0 amide bonds. The van der Waals surface area contributed by atoms with E-state index in [0.717, 1.165) is 31.4 Å². The summed E-state index contributed by atoms with van der Waals surface area (Å²) in [6.07, 6.45) is 4.95. The number of rotatable bonds is 8. The fourth-order valence-corrected chi connectivity index (χ4v) is 4.12. The molecule has 0 spiro atoms. The first-order valence-electron chi connectivity index (χ1n) is 10.9. The van der Waals surface area contributed by atoms with Gasteiger partial charge < -0.3 is 15.7 Å². The van der Waals surface area contributed by atoms with Gasteiger partial charge in [-0.25, -0.2) is 4.98 Å². The minimum Gasteiger partial charge on any atom is -0.390 e. The molecule has 2 aliphatic rings. The molecule has 3 heterocycles. The largest absolute Gasteiger partial charge is 0.390 e. The normalized spacial score (nSPS) is 16.2. The molecule has 1 saturated carbocycles. The highest BCUT2D eigenvalue weighted by Crippen LogP contribution is 2.31. The monoisotopic (exact) mass is 463 g/mol. The van der Waals surface area contributed by atoms with Gasteiger partial charge in [-0.3, -0.25) is 4.90 Å². The Labute approximate surface area is 195 Å². The van der Waals surface area contributed by atoms with E-state index in [2.05, 4.69) is 42.7 Å². The summed E-state index contributed by atoms with van der Waals surface area (Å²) in [6, 6.07) is 8.17. The summed E-state index contributed by atoms with van der Waals surface area (Å²) in [5.41, 5.74) is 2.70. The molecule has 3 N–H and O–H groups in total. The standard InChI is InChI=1S/C22H22ClN9O/c23-18-6-13(2-1-5-31-11-17(33)12-31)14(8-24)7-19(18)28-22-29-20(27-15-3-4-15)21-26-10-16(9-25)32(21)30-22/h6-7,10,15,17,33H,1-5,11-12H2,(H2,27,28,29,30). The van der Waals surface area contributed by atoms with Gasteiger partial charge in [-0.15, -0.1) is 5.10 Å². The number of aliphatic hydroxyl groups is 1. The molecule has 5 rings (SSSR count). The van der Waals surface area contributed by atoms with Crippen LogP contribution in [0.5, 0.6) is 0 Å². The van der Waals surface area contributed by atoms with Crippen LogP contribution >= 0.6 is 11.6 Å². The molecule has 3 aromatic rings. The van der Waals surface area contributed by atoms with Crippen LogP contribution < -0.4 is 10.6 Å². The number of fused-ring (bicyclic) bond motifs is 1. The molecule has 1 aliphatic carbocycles. The Morgan fingerprint density at radius 1 is 1.21 bits per heavy atom. The Kier molecular flexibility index (Phi) is 5.73. The number of aromatic nitrogens is 4. The molecule has 0 unspecified atom stereocenters. The van der Waals surface area contributed by atoms with Crippen molar-refractivity contribution < 1.29 is 5.11 Å². The number of imidazole rings is 1. The van der Waals surface area contributed by atoms with Crippen molar-refractivity contribution in [3.63, 3.8) is 0 Å². The zero-order valence-corrected chi connectivity index (χ0v) is 18.5. The van der Waals surface area contributed by atoms with E-state index >= 15 is 0 Å².